The molecule has 0 fully saturated rings. The molecule has 0 spiro atoms. The molecule has 0 aromatic heterocycles. The normalized spacial score (nSPS) is 18.5. The SMILES string of the molecule is C/C=C\C(=C/C)C1=CCCC=C1. The van der Waals surface area contributed by atoms with Crippen molar-refractivity contribution in [1.82, 2.24) is 0 Å². The van der Waals surface area contributed by atoms with Gasteiger partial charge in [-0.15, -0.1) is 0 Å². The van der Waals surface area contributed by atoms with Crippen molar-refractivity contribution in [2.24, 2.45) is 0 Å². The van der Waals surface area contributed by atoms with E-state index in [4.69, 9.17) is 0 Å². The van der Waals surface area contributed by atoms with Crippen molar-refractivity contribution in [1.29, 1.82) is 0 Å². The first kappa shape index (κ1) is 9.05. The Morgan fingerprint density at radius 3 is 2.67 bits per heavy atom. The molecule has 0 aliphatic heterocycles. The lowest BCUT2D eigenvalue weighted by Crippen LogP contribution is -1.87. The monoisotopic (exact) mass is 160 g/mol. The van der Waals surface area contributed by atoms with Gasteiger partial charge in [-0.05, 0) is 37.8 Å². The van der Waals surface area contributed by atoms with Crippen molar-refractivity contribution in [3.05, 3.63) is 47.6 Å². The average Bonchev–Trinajstić information content (AvgIpc) is 2.15. The molecule has 1 aliphatic carbocycles. The maximum absolute atomic E-state index is 2.30. The van der Waals surface area contributed by atoms with Gasteiger partial charge in [-0.25, -0.2) is 0 Å². The second-order valence-electron chi connectivity index (χ2n) is 2.88. The summed E-state index contributed by atoms with van der Waals surface area (Å²) >= 11 is 0. The Balaban J connectivity index is 2.79. The zero-order valence-corrected chi connectivity index (χ0v) is 7.88. The third-order valence-corrected chi connectivity index (χ3v) is 1.99. The maximum Gasteiger partial charge on any atom is -0.0230 e. The van der Waals surface area contributed by atoms with E-state index in [0.29, 0.717) is 0 Å². The van der Waals surface area contributed by atoms with Crippen LogP contribution >= 0.6 is 0 Å². The molecular formula is C12H16. The first-order chi connectivity index (χ1) is 5.88. The Labute approximate surface area is 75.0 Å². The molecule has 12 heavy (non-hydrogen) atoms. The Bertz CT molecular complexity index is 247. The molecule has 0 heterocycles. The van der Waals surface area contributed by atoms with Crippen LogP contribution in [0.3, 0.4) is 0 Å². The fourth-order valence-corrected chi connectivity index (χ4v) is 1.37. The standard InChI is InChI=1S/C12H16/c1-3-8-11(4-2)12-9-6-5-7-10-12/h3-4,6,8-10H,5,7H2,1-2H3/b8-3-,11-4+. The molecule has 0 nitrogen and oxygen atoms in total. The summed E-state index contributed by atoms with van der Waals surface area (Å²) in [5.74, 6) is 0. The molecule has 1 rings (SSSR count). The molecule has 0 unspecified atom stereocenters. The fraction of sp³-hybridized carbons (Fsp3) is 0.333. The molecule has 0 saturated heterocycles. The molecular weight excluding hydrogens is 144 g/mol. The predicted molar refractivity (Wildman–Crippen MR) is 55.0 cm³/mol. The molecule has 0 saturated carbocycles. The van der Waals surface area contributed by atoms with Gasteiger partial charge in [0, 0.05) is 0 Å². The van der Waals surface area contributed by atoms with E-state index >= 15 is 0 Å². The summed E-state index contributed by atoms with van der Waals surface area (Å²) in [6.07, 6.45) is 15.5. The lowest BCUT2D eigenvalue weighted by molar-refractivity contribution is 1.02. The molecule has 0 atom stereocenters. The van der Waals surface area contributed by atoms with Crippen molar-refractivity contribution in [2.75, 3.05) is 0 Å². The van der Waals surface area contributed by atoms with E-state index in [1.807, 2.05) is 0 Å². The zero-order chi connectivity index (χ0) is 8.81. The van der Waals surface area contributed by atoms with Crippen molar-refractivity contribution < 1.29 is 0 Å². The third kappa shape index (κ3) is 2.23. The number of hydrogen-bond acceptors (Lipinski definition) is 0. The highest BCUT2D eigenvalue weighted by Gasteiger charge is 1.99. The lowest BCUT2D eigenvalue weighted by atomic mass is 9.99. The van der Waals surface area contributed by atoms with Crippen LogP contribution in [-0.2, 0) is 0 Å². The van der Waals surface area contributed by atoms with Crippen LogP contribution in [0.2, 0.25) is 0 Å². The highest BCUT2D eigenvalue weighted by atomic mass is 14.0. The van der Waals surface area contributed by atoms with Crippen LogP contribution in [0, 0.1) is 0 Å². The fourth-order valence-electron chi connectivity index (χ4n) is 1.37. The first-order valence-electron chi connectivity index (χ1n) is 4.54. The van der Waals surface area contributed by atoms with E-state index in [-0.39, 0.29) is 0 Å². The van der Waals surface area contributed by atoms with Crippen LogP contribution in [0.4, 0.5) is 0 Å². The summed E-state index contributed by atoms with van der Waals surface area (Å²) in [5.41, 5.74) is 2.69. The molecule has 64 valence electrons. The first-order valence-corrected chi connectivity index (χ1v) is 4.54. The maximum atomic E-state index is 2.30. The summed E-state index contributed by atoms with van der Waals surface area (Å²) in [6, 6.07) is 0. The molecule has 0 bridgehead atoms. The number of hydrogen-bond donors (Lipinski definition) is 0. The molecule has 0 aromatic rings. The summed E-state index contributed by atoms with van der Waals surface area (Å²) in [6.45, 7) is 4.13. The number of allylic oxidation sites excluding steroid dienone is 8. The van der Waals surface area contributed by atoms with Crippen LogP contribution in [0.1, 0.15) is 26.7 Å². The van der Waals surface area contributed by atoms with E-state index in [1.54, 1.807) is 0 Å². The molecule has 0 amide bonds. The second kappa shape index (κ2) is 4.76. The van der Waals surface area contributed by atoms with Gasteiger partial charge in [0.05, 0.1) is 0 Å². The van der Waals surface area contributed by atoms with Crippen LogP contribution in [0.25, 0.3) is 0 Å². The Morgan fingerprint density at radius 1 is 1.33 bits per heavy atom. The molecule has 0 N–H and O–H groups in total. The van der Waals surface area contributed by atoms with Crippen LogP contribution in [0.5, 0.6) is 0 Å². The van der Waals surface area contributed by atoms with Gasteiger partial charge in [0.2, 0.25) is 0 Å². The minimum atomic E-state index is 1.18. The van der Waals surface area contributed by atoms with Gasteiger partial charge in [-0.2, -0.15) is 0 Å². The van der Waals surface area contributed by atoms with Crippen molar-refractivity contribution in [2.45, 2.75) is 26.7 Å². The molecule has 0 heteroatoms. The van der Waals surface area contributed by atoms with Gasteiger partial charge in [-0.1, -0.05) is 36.5 Å². The van der Waals surface area contributed by atoms with Crippen LogP contribution in [0.15, 0.2) is 47.6 Å². The van der Waals surface area contributed by atoms with Gasteiger partial charge in [-0.3, -0.25) is 0 Å². The van der Waals surface area contributed by atoms with Gasteiger partial charge in [0.1, 0.15) is 0 Å². The van der Waals surface area contributed by atoms with E-state index < -0.39 is 0 Å². The quantitative estimate of drug-likeness (QED) is 0.539. The predicted octanol–water partition coefficient (Wildman–Crippen LogP) is 3.79. The van der Waals surface area contributed by atoms with Gasteiger partial charge in [0.15, 0.2) is 0 Å². The van der Waals surface area contributed by atoms with E-state index in [9.17, 15) is 0 Å². The minimum Gasteiger partial charge on any atom is -0.0871 e. The summed E-state index contributed by atoms with van der Waals surface area (Å²) in [4.78, 5) is 0. The van der Waals surface area contributed by atoms with E-state index in [1.165, 1.54) is 24.0 Å². The van der Waals surface area contributed by atoms with E-state index in [2.05, 4.69) is 50.3 Å². The third-order valence-electron chi connectivity index (χ3n) is 1.99. The highest BCUT2D eigenvalue weighted by molar-refractivity contribution is 5.46. The van der Waals surface area contributed by atoms with Crippen molar-refractivity contribution >= 4 is 0 Å². The van der Waals surface area contributed by atoms with Gasteiger partial charge < -0.3 is 0 Å². The molecule has 1 aliphatic rings. The zero-order valence-electron chi connectivity index (χ0n) is 7.88. The second-order valence-corrected chi connectivity index (χ2v) is 2.88. The van der Waals surface area contributed by atoms with Crippen LogP contribution in [-0.4, -0.2) is 0 Å². The summed E-state index contributed by atoms with van der Waals surface area (Å²) in [5, 5.41) is 0. The molecule has 0 radical (unpaired) electrons. The van der Waals surface area contributed by atoms with Crippen molar-refractivity contribution in [3.63, 3.8) is 0 Å². The smallest absolute Gasteiger partial charge is 0.0230 e. The Kier molecular flexibility index (Phi) is 3.59. The van der Waals surface area contributed by atoms with E-state index in [0.717, 1.165) is 0 Å². The topological polar surface area (TPSA) is 0 Å². The van der Waals surface area contributed by atoms with Crippen molar-refractivity contribution in [3.8, 4) is 0 Å². The molecule has 0 aromatic carbocycles. The Morgan fingerprint density at radius 2 is 2.17 bits per heavy atom. The van der Waals surface area contributed by atoms with Gasteiger partial charge >= 0.3 is 0 Å². The summed E-state index contributed by atoms with van der Waals surface area (Å²) in [7, 11) is 0. The highest BCUT2D eigenvalue weighted by Crippen LogP contribution is 2.18. The Hall–Kier alpha value is -1.04. The van der Waals surface area contributed by atoms with Crippen LogP contribution < -0.4 is 0 Å². The summed E-state index contributed by atoms with van der Waals surface area (Å²) < 4.78 is 0. The van der Waals surface area contributed by atoms with Gasteiger partial charge in [0.25, 0.3) is 0 Å². The minimum absolute atomic E-state index is 1.18. The lowest BCUT2D eigenvalue weighted by Gasteiger charge is -2.06. The largest absolute Gasteiger partial charge is 0.0871 e. The average molecular weight is 160 g/mol. The number of rotatable bonds is 2.